The Labute approximate surface area is 133 Å². The SMILES string of the molecule is CCn1nc(C)c(Br)c1CC1CCc2ccccc2C1=O. The highest BCUT2D eigenvalue weighted by Gasteiger charge is 2.29. The molecule has 1 unspecified atom stereocenters. The van der Waals surface area contributed by atoms with Gasteiger partial charge in [-0.25, -0.2) is 0 Å². The van der Waals surface area contributed by atoms with Crippen LogP contribution in [-0.2, 0) is 19.4 Å². The summed E-state index contributed by atoms with van der Waals surface area (Å²) in [5.41, 5.74) is 4.24. The highest BCUT2D eigenvalue weighted by Crippen LogP contribution is 2.31. The highest BCUT2D eigenvalue weighted by molar-refractivity contribution is 9.10. The van der Waals surface area contributed by atoms with Crippen molar-refractivity contribution in [3.63, 3.8) is 0 Å². The van der Waals surface area contributed by atoms with Gasteiger partial charge in [0.15, 0.2) is 5.78 Å². The third kappa shape index (κ3) is 2.57. The van der Waals surface area contributed by atoms with Gasteiger partial charge in [0.25, 0.3) is 0 Å². The average molecular weight is 347 g/mol. The van der Waals surface area contributed by atoms with Crippen molar-refractivity contribution in [2.75, 3.05) is 0 Å². The molecule has 3 nitrogen and oxygen atoms in total. The summed E-state index contributed by atoms with van der Waals surface area (Å²) < 4.78 is 3.06. The molecule has 1 aliphatic carbocycles. The van der Waals surface area contributed by atoms with E-state index >= 15 is 0 Å². The zero-order valence-electron chi connectivity index (χ0n) is 12.4. The minimum absolute atomic E-state index is 0.0672. The molecular weight excluding hydrogens is 328 g/mol. The Kier molecular flexibility index (Phi) is 3.98. The van der Waals surface area contributed by atoms with Crippen LogP contribution < -0.4 is 0 Å². The summed E-state index contributed by atoms with van der Waals surface area (Å²) in [7, 11) is 0. The zero-order chi connectivity index (χ0) is 15.0. The van der Waals surface area contributed by atoms with Crippen LogP contribution in [0.3, 0.4) is 0 Å². The zero-order valence-corrected chi connectivity index (χ0v) is 14.0. The van der Waals surface area contributed by atoms with Crippen LogP contribution in [-0.4, -0.2) is 15.6 Å². The molecule has 21 heavy (non-hydrogen) atoms. The van der Waals surface area contributed by atoms with Crippen LogP contribution in [0.25, 0.3) is 0 Å². The number of carbonyl (C=O) groups excluding carboxylic acids is 1. The molecule has 1 aromatic heterocycles. The van der Waals surface area contributed by atoms with Crippen LogP contribution in [0.15, 0.2) is 28.7 Å². The van der Waals surface area contributed by atoms with E-state index in [-0.39, 0.29) is 11.7 Å². The maximum absolute atomic E-state index is 12.7. The monoisotopic (exact) mass is 346 g/mol. The molecule has 1 aliphatic rings. The third-order valence-electron chi connectivity index (χ3n) is 4.31. The molecule has 110 valence electrons. The minimum atomic E-state index is 0.0672. The van der Waals surface area contributed by atoms with Gasteiger partial charge >= 0.3 is 0 Å². The van der Waals surface area contributed by atoms with Crippen LogP contribution in [0.2, 0.25) is 0 Å². The number of rotatable bonds is 3. The lowest BCUT2D eigenvalue weighted by atomic mass is 9.80. The second-order valence-electron chi connectivity index (χ2n) is 5.62. The predicted octanol–water partition coefficient (Wildman–Crippen LogP) is 3.96. The number of halogens is 1. The molecule has 0 N–H and O–H groups in total. The molecule has 2 aromatic rings. The van der Waals surface area contributed by atoms with Gasteiger partial charge in [0, 0.05) is 24.4 Å². The Hall–Kier alpha value is -1.42. The summed E-state index contributed by atoms with van der Waals surface area (Å²) in [6, 6.07) is 8.00. The minimum Gasteiger partial charge on any atom is -0.294 e. The van der Waals surface area contributed by atoms with Gasteiger partial charge in [0.1, 0.15) is 0 Å². The number of benzene rings is 1. The molecule has 1 atom stereocenters. The Morgan fingerprint density at radius 3 is 2.90 bits per heavy atom. The molecular formula is C17H19BrN2O. The molecule has 1 aromatic carbocycles. The summed E-state index contributed by atoms with van der Waals surface area (Å²) in [6.45, 7) is 4.91. The summed E-state index contributed by atoms with van der Waals surface area (Å²) in [5.74, 6) is 0.350. The van der Waals surface area contributed by atoms with Crippen molar-refractivity contribution >= 4 is 21.7 Å². The van der Waals surface area contributed by atoms with Gasteiger partial charge in [0.2, 0.25) is 0 Å². The van der Waals surface area contributed by atoms with Gasteiger partial charge in [-0.05, 0) is 48.2 Å². The maximum atomic E-state index is 12.7. The van der Waals surface area contributed by atoms with Crippen molar-refractivity contribution < 1.29 is 4.79 Å². The summed E-state index contributed by atoms with van der Waals surface area (Å²) >= 11 is 3.63. The van der Waals surface area contributed by atoms with E-state index < -0.39 is 0 Å². The number of Topliss-reactive ketones (excluding diaryl/α,β-unsaturated/α-hetero) is 1. The fourth-order valence-electron chi connectivity index (χ4n) is 3.15. The molecule has 0 spiro atoms. The number of aryl methyl sites for hydroxylation is 3. The van der Waals surface area contributed by atoms with Crippen molar-refractivity contribution in [3.05, 3.63) is 51.3 Å². The first-order valence-electron chi connectivity index (χ1n) is 7.45. The molecule has 0 bridgehead atoms. The van der Waals surface area contributed by atoms with Crippen molar-refractivity contribution in [2.24, 2.45) is 5.92 Å². The van der Waals surface area contributed by atoms with E-state index in [9.17, 15) is 4.79 Å². The van der Waals surface area contributed by atoms with Crippen molar-refractivity contribution in [1.29, 1.82) is 0 Å². The van der Waals surface area contributed by atoms with Gasteiger partial charge in [-0.1, -0.05) is 24.3 Å². The largest absolute Gasteiger partial charge is 0.294 e. The lowest BCUT2D eigenvalue weighted by Crippen LogP contribution is -2.25. The number of fused-ring (bicyclic) bond motifs is 1. The molecule has 0 aliphatic heterocycles. The molecule has 1 heterocycles. The van der Waals surface area contributed by atoms with Crippen molar-refractivity contribution in [2.45, 2.75) is 39.7 Å². The standard InChI is InChI=1S/C17H19BrN2O/c1-3-20-15(16(18)11(2)19-20)10-13-9-8-12-6-4-5-7-14(12)17(13)21/h4-7,13H,3,8-10H2,1-2H3. The first kappa shape index (κ1) is 14.5. The van der Waals surface area contributed by atoms with E-state index in [4.69, 9.17) is 0 Å². The molecule has 4 heteroatoms. The number of carbonyl (C=O) groups is 1. The Bertz CT molecular complexity index is 690. The van der Waals surface area contributed by atoms with E-state index in [1.54, 1.807) is 0 Å². The van der Waals surface area contributed by atoms with Crippen molar-refractivity contribution in [1.82, 2.24) is 9.78 Å². The first-order chi connectivity index (χ1) is 10.1. The quantitative estimate of drug-likeness (QED) is 0.842. The second kappa shape index (κ2) is 5.76. The molecule has 3 rings (SSSR count). The van der Waals surface area contributed by atoms with Gasteiger partial charge in [0.05, 0.1) is 15.9 Å². The van der Waals surface area contributed by atoms with Crippen molar-refractivity contribution in [3.8, 4) is 0 Å². The van der Waals surface area contributed by atoms with E-state index in [0.717, 1.165) is 47.2 Å². The number of ketones is 1. The smallest absolute Gasteiger partial charge is 0.166 e. The van der Waals surface area contributed by atoms with Crippen LogP contribution in [0.4, 0.5) is 0 Å². The summed E-state index contributed by atoms with van der Waals surface area (Å²) in [5, 5.41) is 4.52. The number of hydrogen-bond donors (Lipinski definition) is 0. The highest BCUT2D eigenvalue weighted by atomic mass is 79.9. The van der Waals surface area contributed by atoms with Gasteiger partial charge in [-0.3, -0.25) is 9.48 Å². The van der Waals surface area contributed by atoms with Gasteiger partial charge in [-0.2, -0.15) is 5.10 Å². The Morgan fingerprint density at radius 2 is 2.14 bits per heavy atom. The fourth-order valence-corrected chi connectivity index (χ4v) is 3.60. The topological polar surface area (TPSA) is 34.9 Å². The molecule has 0 radical (unpaired) electrons. The van der Waals surface area contributed by atoms with Gasteiger partial charge < -0.3 is 0 Å². The first-order valence-corrected chi connectivity index (χ1v) is 8.25. The van der Waals surface area contributed by atoms with E-state index in [1.807, 2.05) is 29.8 Å². The number of hydrogen-bond acceptors (Lipinski definition) is 2. The Morgan fingerprint density at radius 1 is 1.38 bits per heavy atom. The molecule has 0 saturated heterocycles. The van der Waals surface area contributed by atoms with Gasteiger partial charge in [-0.15, -0.1) is 0 Å². The maximum Gasteiger partial charge on any atom is 0.166 e. The van der Waals surface area contributed by atoms with E-state index in [0.29, 0.717) is 0 Å². The number of nitrogens with zero attached hydrogens (tertiary/aromatic N) is 2. The fraction of sp³-hybridized carbons (Fsp3) is 0.412. The normalized spacial score (nSPS) is 17.9. The summed E-state index contributed by atoms with van der Waals surface area (Å²) in [4.78, 5) is 12.7. The third-order valence-corrected chi connectivity index (χ3v) is 5.34. The predicted molar refractivity (Wildman–Crippen MR) is 86.6 cm³/mol. The van der Waals surface area contributed by atoms with Crippen LogP contribution in [0.1, 0.15) is 40.7 Å². The van der Waals surface area contributed by atoms with Crippen LogP contribution in [0, 0.1) is 12.8 Å². The number of aromatic nitrogens is 2. The van der Waals surface area contributed by atoms with E-state index in [2.05, 4.69) is 34.0 Å². The summed E-state index contributed by atoms with van der Waals surface area (Å²) in [6.07, 6.45) is 2.68. The second-order valence-corrected chi connectivity index (χ2v) is 6.42. The molecule has 0 fully saturated rings. The lowest BCUT2D eigenvalue weighted by Gasteiger charge is -2.23. The van der Waals surface area contributed by atoms with Crippen LogP contribution in [0.5, 0.6) is 0 Å². The molecule has 0 saturated carbocycles. The lowest BCUT2D eigenvalue weighted by molar-refractivity contribution is 0.0899. The molecule has 0 amide bonds. The Balaban J connectivity index is 1.89. The van der Waals surface area contributed by atoms with Crippen LogP contribution >= 0.6 is 15.9 Å². The average Bonchev–Trinajstić information content (AvgIpc) is 2.78. The van der Waals surface area contributed by atoms with E-state index in [1.165, 1.54) is 5.56 Å².